The molecule has 0 atom stereocenters. The lowest BCUT2D eigenvalue weighted by atomic mass is 10.1. The third-order valence-corrected chi connectivity index (χ3v) is 3.95. The van der Waals surface area contributed by atoms with Crippen molar-refractivity contribution in [3.63, 3.8) is 0 Å². The molecule has 0 spiro atoms. The maximum absolute atomic E-state index is 12.6. The highest BCUT2D eigenvalue weighted by Crippen LogP contribution is 2.21. The largest absolute Gasteiger partial charge is 0.370 e. The van der Waals surface area contributed by atoms with Gasteiger partial charge >= 0.3 is 5.63 Å². The summed E-state index contributed by atoms with van der Waals surface area (Å²) in [6, 6.07) is 17.0. The molecule has 0 bridgehead atoms. The molecule has 0 aliphatic heterocycles. The SMILES string of the molecule is Cc1ccccc1CNC(=O)c1c(-c2ccccc2)n(C)oc1=O. The third-order valence-electron chi connectivity index (χ3n) is 3.95. The standard InChI is InChI=1S/C19H18N2O3/c1-13-8-6-7-11-15(13)12-20-18(22)16-17(21(2)24-19(16)23)14-9-4-3-5-10-14/h3-11H,12H2,1-2H3,(H,20,22). The Hall–Kier alpha value is -3.08. The monoisotopic (exact) mass is 322 g/mol. The van der Waals surface area contributed by atoms with Gasteiger partial charge in [0.25, 0.3) is 5.91 Å². The second kappa shape index (κ2) is 6.58. The Bertz CT molecular complexity index is 923. The molecule has 1 heterocycles. The number of carbonyl (C=O) groups is 1. The highest BCUT2D eigenvalue weighted by Gasteiger charge is 2.23. The van der Waals surface area contributed by atoms with Crippen LogP contribution in [0.25, 0.3) is 11.3 Å². The lowest BCUT2D eigenvalue weighted by Gasteiger charge is -2.08. The molecular formula is C19H18N2O3. The zero-order chi connectivity index (χ0) is 17.1. The zero-order valence-corrected chi connectivity index (χ0v) is 13.6. The summed E-state index contributed by atoms with van der Waals surface area (Å²) >= 11 is 0. The summed E-state index contributed by atoms with van der Waals surface area (Å²) in [4.78, 5) is 24.7. The van der Waals surface area contributed by atoms with Crippen LogP contribution in [0.2, 0.25) is 0 Å². The molecule has 5 heteroatoms. The van der Waals surface area contributed by atoms with Crippen LogP contribution in [0.15, 0.2) is 63.9 Å². The molecule has 24 heavy (non-hydrogen) atoms. The molecule has 0 unspecified atom stereocenters. The van der Waals surface area contributed by atoms with Crippen LogP contribution >= 0.6 is 0 Å². The number of nitrogens with one attached hydrogen (secondary N) is 1. The summed E-state index contributed by atoms with van der Waals surface area (Å²) in [6.45, 7) is 2.34. The predicted molar refractivity (Wildman–Crippen MR) is 91.7 cm³/mol. The van der Waals surface area contributed by atoms with Gasteiger partial charge < -0.3 is 9.84 Å². The van der Waals surface area contributed by atoms with Gasteiger partial charge in [0.1, 0.15) is 5.69 Å². The van der Waals surface area contributed by atoms with Gasteiger partial charge in [0.2, 0.25) is 0 Å². The Labute approximate surface area is 139 Å². The molecule has 1 N–H and O–H groups in total. The molecule has 3 rings (SSSR count). The Balaban J connectivity index is 1.91. The maximum atomic E-state index is 12.6. The molecule has 1 aromatic heterocycles. The third kappa shape index (κ3) is 3.01. The van der Waals surface area contributed by atoms with E-state index < -0.39 is 11.5 Å². The van der Waals surface area contributed by atoms with Crippen LogP contribution in [-0.2, 0) is 13.6 Å². The Morgan fingerprint density at radius 2 is 1.75 bits per heavy atom. The maximum Gasteiger partial charge on any atom is 0.370 e. The molecule has 0 fully saturated rings. The van der Waals surface area contributed by atoms with E-state index >= 15 is 0 Å². The number of amides is 1. The minimum Gasteiger partial charge on any atom is -0.348 e. The normalized spacial score (nSPS) is 10.6. The van der Waals surface area contributed by atoms with Gasteiger partial charge in [-0.1, -0.05) is 54.6 Å². The van der Waals surface area contributed by atoms with Crippen LogP contribution < -0.4 is 10.9 Å². The smallest absolute Gasteiger partial charge is 0.348 e. The minimum absolute atomic E-state index is 0.0253. The van der Waals surface area contributed by atoms with Crippen molar-refractivity contribution in [2.24, 2.45) is 7.05 Å². The number of hydrogen-bond acceptors (Lipinski definition) is 3. The van der Waals surface area contributed by atoms with Crippen LogP contribution in [0, 0.1) is 6.92 Å². The van der Waals surface area contributed by atoms with E-state index in [-0.39, 0.29) is 5.56 Å². The van der Waals surface area contributed by atoms with Gasteiger partial charge in [-0.25, -0.2) is 9.53 Å². The average molecular weight is 322 g/mol. The predicted octanol–water partition coefficient (Wildman–Crippen LogP) is 2.88. The summed E-state index contributed by atoms with van der Waals surface area (Å²) in [5.74, 6) is -0.438. The molecule has 2 aromatic carbocycles. The number of nitrogens with zero attached hydrogens (tertiary/aromatic N) is 1. The molecule has 3 aromatic rings. The highest BCUT2D eigenvalue weighted by molar-refractivity contribution is 5.99. The zero-order valence-electron chi connectivity index (χ0n) is 13.6. The molecule has 0 aliphatic carbocycles. The summed E-state index contributed by atoms with van der Waals surface area (Å²) in [7, 11) is 1.61. The van der Waals surface area contributed by atoms with Crippen molar-refractivity contribution < 1.29 is 9.32 Å². The molecule has 122 valence electrons. The van der Waals surface area contributed by atoms with E-state index in [1.807, 2.05) is 61.5 Å². The van der Waals surface area contributed by atoms with Gasteiger partial charge in [-0.3, -0.25) is 4.79 Å². The molecule has 0 aliphatic rings. The molecule has 0 saturated heterocycles. The lowest BCUT2D eigenvalue weighted by Crippen LogP contribution is -2.27. The highest BCUT2D eigenvalue weighted by atomic mass is 16.5. The molecule has 0 radical (unpaired) electrons. The van der Waals surface area contributed by atoms with Gasteiger partial charge in [-0.05, 0) is 18.1 Å². The fourth-order valence-corrected chi connectivity index (χ4v) is 2.66. The average Bonchev–Trinajstić information content (AvgIpc) is 2.89. The van der Waals surface area contributed by atoms with Crippen LogP contribution in [0.3, 0.4) is 0 Å². The van der Waals surface area contributed by atoms with Crippen molar-refractivity contribution in [1.82, 2.24) is 10.1 Å². The van der Waals surface area contributed by atoms with Crippen LogP contribution in [0.4, 0.5) is 0 Å². The van der Waals surface area contributed by atoms with E-state index in [0.29, 0.717) is 12.2 Å². The first kappa shape index (κ1) is 15.8. The van der Waals surface area contributed by atoms with Crippen molar-refractivity contribution in [1.29, 1.82) is 0 Å². The number of aromatic nitrogens is 1. The second-order valence-electron chi connectivity index (χ2n) is 5.58. The van der Waals surface area contributed by atoms with E-state index in [4.69, 9.17) is 4.52 Å². The fraction of sp³-hybridized carbons (Fsp3) is 0.158. The first-order valence-corrected chi connectivity index (χ1v) is 7.66. The Kier molecular flexibility index (Phi) is 4.33. The summed E-state index contributed by atoms with van der Waals surface area (Å²) in [6.07, 6.45) is 0. The topological polar surface area (TPSA) is 64.2 Å². The van der Waals surface area contributed by atoms with E-state index in [9.17, 15) is 9.59 Å². The van der Waals surface area contributed by atoms with Gasteiger partial charge in [0.05, 0.1) is 0 Å². The van der Waals surface area contributed by atoms with Crippen molar-refractivity contribution in [3.8, 4) is 11.3 Å². The van der Waals surface area contributed by atoms with Crippen LogP contribution in [0.5, 0.6) is 0 Å². The number of aryl methyl sites for hydroxylation is 2. The first-order valence-electron chi connectivity index (χ1n) is 7.66. The Morgan fingerprint density at radius 1 is 1.08 bits per heavy atom. The van der Waals surface area contributed by atoms with Gasteiger partial charge in [0, 0.05) is 19.2 Å². The van der Waals surface area contributed by atoms with Gasteiger partial charge in [-0.2, -0.15) is 0 Å². The summed E-state index contributed by atoms with van der Waals surface area (Å²) < 4.78 is 6.43. The summed E-state index contributed by atoms with van der Waals surface area (Å²) in [5.41, 5.74) is 2.71. The number of carbonyl (C=O) groups excluding carboxylic acids is 1. The van der Waals surface area contributed by atoms with E-state index in [2.05, 4.69) is 5.32 Å². The van der Waals surface area contributed by atoms with Gasteiger partial charge in [-0.15, -0.1) is 0 Å². The van der Waals surface area contributed by atoms with E-state index in [1.165, 1.54) is 4.74 Å². The van der Waals surface area contributed by atoms with Crippen LogP contribution in [0.1, 0.15) is 21.5 Å². The van der Waals surface area contributed by atoms with E-state index in [1.54, 1.807) is 7.05 Å². The molecular weight excluding hydrogens is 304 g/mol. The number of benzene rings is 2. The molecule has 5 nitrogen and oxygen atoms in total. The van der Waals surface area contributed by atoms with Crippen molar-refractivity contribution >= 4 is 5.91 Å². The second-order valence-corrected chi connectivity index (χ2v) is 5.58. The molecule has 1 amide bonds. The molecule has 0 saturated carbocycles. The first-order chi connectivity index (χ1) is 11.6. The minimum atomic E-state index is -0.640. The fourth-order valence-electron chi connectivity index (χ4n) is 2.66. The van der Waals surface area contributed by atoms with Crippen molar-refractivity contribution in [3.05, 3.63) is 81.7 Å². The number of hydrogen-bond donors (Lipinski definition) is 1. The quantitative estimate of drug-likeness (QED) is 0.803. The lowest BCUT2D eigenvalue weighted by molar-refractivity contribution is 0.0949. The van der Waals surface area contributed by atoms with Crippen LogP contribution in [-0.4, -0.2) is 10.6 Å². The van der Waals surface area contributed by atoms with E-state index in [0.717, 1.165) is 16.7 Å². The van der Waals surface area contributed by atoms with Gasteiger partial charge in [0.15, 0.2) is 5.56 Å². The number of rotatable bonds is 4. The van der Waals surface area contributed by atoms with Crippen molar-refractivity contribution in [2.75, 3.05) is 0 Å². The van der Waals surface area contributed by atoms with Crippen molar-refractivity contribution in [2.45, 2.75) is 13.5 Å². The summed E-state index contributed by atoms with van der Waals surface area (Å²) in [5, 5.41) is 2.81. The Morgan fingerprint density at radius 3 is 2.46 bits per heavy atom.